The minimum atomic E-state index is -0.279. The number of ketones is 2. The summed E-state index contributed by atoms with van der Waals surface area (Å²) in [4.78, 5) is 26.0. The maximum atomic E-state index is 13.5. The molecule has 0 aromatic carbocycles. The minimum absolute atomic E-state index is 0.0449. The number of hydrogen-bond donors (Lipinski definition) is 0. The van der Waals surface area contributed by atoms with Crippen molar-refractivity contribution in [1.29, 1.82) is 0 Å². The molecule has 0 bridgehead atoms. The molecule has 2 saturated carbocycles. The third-order valence-corrected chi connectivity index (χ3v) is 7.96. The lowest BCUT2D eigenvalue weighted by atomic mass is 9.42. The van der Waals surface area contributed by atoms with Crippen LogP contribution < -0.4 is 0 Å². The number of allylic oxidation sites excluding steroid dienone is 1. The highest BCUT2D eigenvalue weighted by molar-refractivity contribution is 5.90. The number of rotatable bonds is 2. The average Bonchev–Trinajstić information content (AvgIpc) is 3.11. The van der Waals surface area contributed by atoms with Crippen molar-refractivity contribution in [3.8, 4) is 0 Å². The van der Waals surface area contributed by atoms with Crippen LogP contribution in [0.2, 0.25) is 0 Å². The maximum absolute atomic E-state index is 13.5. The topological polar surface area (TPSA) is 56.5 Å². The van der Waals surface area contributed by atoms with Crippen LogP contribution in [0.25, 0.3) is 0 Å². The molecule has 3 aliphatic rings. The summed E-state index contributed by atoms with van der Waals surface area (Å²) in [6.07, 6.45) is 6.45. The molecule has 4 rings (SSSR count). The lowest BCUT2D eigenvalue weighted by Crippen LogP contribution is -2.61. The summed E-state index contributed by atoms with van der Waals surface area (Å²) in [6, 6.07) is 1.92. The van der Waals surface area contributed by atoms with Gasteiger partial charge in [-0.2, -0.15) is 0 Å². The molecule has 0 N–H and O–H groups in total. The van der Waals surface area contributed by atoms with Crippen LogP contribution in [0.15, 0.2) is 35.3 Å². The number of fused-ring (bicyclic) bond motifs is 3. The molecule has 146 valence electrons. The van der Waals surface area contributed by atoms with E-state index in [4.69, 9.17) is 9.15 Å². The first-order chi connectivity index (χ1) is 12.7. The lowest BCUT2D eigenvalue weighted by molar-refractivity contribution is -0.180. The molecule has 27 heavy (non-hydrogen) atoms. The predicted octanol–water partition coefficient (Wildman–Crippen LogP) is 5.11. The van der Waals surface area contributed by atoms with E-state index in [9.17, 15) is 9.59 Å². The molecule has 1 saturated heterocycles. The van der Waals surface area contributed by atoms with E-state index in [1.54, 1.807) is 19.5 Å². The van der Waals surface area contributed by atoms with E-state index < -0.39 is 0 Å². The van der Waals surface area contributed by atoms with E-state index in [1.807, 2.05) is 13.0 Å². The Hall–Kier alpha value is -1.84. The first-order valence-corrected chi connectivity index (χ1v) is 10.1. The van der Waals surface area contributed by atoms with Gasteiger partial charge in [0, 0.05) is 29.2 Å². The monoisotopic (exact) mass is 370 g/mol. The van der Waals surface area contributed by atoms with E-state index in [2.05, 4.69) is 20.4 Å². The van der Waals surface area contributed by atoms with E-state index in [1.165, 1.54) is 0 Å². The molecule has 0 radical (unpaired) electrons. The third-order valence-electron chi connectivity index (χ3n) is 7.96. The van der Waals surface area contributed by atoms with Crippen molar-refractivity contribution >= 4 is 11.6 Å². The summed E-state index contributed by atoms with van der Waals surface area (Å²) in [5.41, 5.74) is 0.450. The van der Waals surface area contributed by atoms with Gasteiger partial charge in [-0.15, -0.1) is 0 Å². The fourth-order valence-electron chi connectivity index (χ4n) is 6.70. The van der Waals surface area contributed by atoms with Crippen LogP contribution in [0.5, 0.6) is 0 Å². The van der Waals surface area contributed by atoms with Crippen LogP contribution in [0.3, 0.4) is 0 Å². The zero-order chi connectivity index (χ0) is 19.6. The number of ether oxygens (including phenoxy) is 1. The second-order valence-corrected chi connectivity index (χ2v) is 9.57. The SMILES string of the molecule is C=C1O[C@H](c2ccoc2)C[C@]2(C)[C@H]3C(=O)[C@@H](C)C[C@@H](C(C)=O)[C@]3(C)CC[C@@H]12. The van der Waals surface area contributed by atoms with Crippen LogP contribution in [-0.2, 0) is 14.3 Å². The van der Waals surface area contributed by atoms with Crippen molar-refractivity contribution in [1.82, 2.24) is 0 Å². The molecule has 4 heteroatoms. The zero-order valence-electron chi connectivity index (χ0n) is 16.8. The highest BCUT2D eigenvalue weighted by Gasteiger charge is 2.64. The van der Waals surface area contributed by atoms with Gasteiger partial charge in [0.2, 0.25) is 0 Å². The molecule has 1 aromatic rings. The van der Waals surface area contributed by atoms with Gasteiger partial charge in [0.05, 0.1) is 18.3 Å². The van der Waals surface area contributed by atoms with Gasteiger partial charge in [-0.25, -0.2) is 0 Å². The fraction of sp³-hybridized carbons (Fsp3) is 0.652. The minimum Gasteiger partial charge on any atom is -0.490 e. The summed E-state index contributed by atoms with van der Waals surface area (Å²) in [6.45, 7) is 12.3. The Balaban J connectivity index is 1.79. The average molecular weight is 370 g/mol. The first-order valence-electron chi connectivity index (χ1n) is 10.1. The quantitative estimate of drug-likeness (QED) is 0.726. The van der Waals surface area contributed by atoms with E-state index in [0.717, 1.165) is 30.6 Å². The molecule has 3 fully saturated rings. The first kappa shape index (κ1) is 18.5. The third kappa shape index (κ3) is 2.55. The number of carbonyl (C=O) groups excluding carboxylic acids is 2. The van der Waals surface area contributed by atoms with Crippen LogP contribution in [0, 0.1) is 34.5 Å². The number of Topliss-reactive ketones (excluding diaryl/α,β-unsaturated/α-hetero) is 2. The Kier molecular flexibility index (Phi) is 4.17. The van der Waals surface area contributed by atoms with Crippen LogP contribution in [-0.4, -0.2) is 11.6 Å². The van der Waals surface area contributed by atoms with Gasteiger partial charge in [-0.1, -0.05) is 27.4 Å². The highest BCUT2D eigenvalue weighted by atomic mass is 16.5. The van der Waals surface area contributed by atoms with Crippen molar-refractivity contribution in [2.75, 3.05) is 0 Å². The van der Waals surface area contributed by atoms with E-state index >= 15 is 0 Å². The molecule has 4 nitrogen and oxygen atoms in total. The van der Waals surface area contributed by atoms with Gasteiger partial charge >= 0.3 is 0 Å². The normalized spacial score (nSPS) is 44.2. The molecule has 0 spiro atoms. The Bertz CT molecular complexity index is 778. The number of hydrogen-bond acceptors (Lipinski definition) is 4. The Morgan fingerprint density at radius 3 is 2.67 bits per heavy atom. The zero-order valence-corrected chi connectivity index (χ0v) is 16.8. The van der Waals surface area contributed by atoms with Gasteiger partial charge in [0.25, 0.3) is 0 Å². The molecule has 2 aliphatic carbocycles. The van der Waals surface area contributed by atoms with Crippen molar-refractivity contribution in [2.45, 2.75) is 59.5 Å². The molecule has 7 atom stereocenters. The van der Waals surface area contributed by atoms with Gasteiger partial charge in [0.15, 0.2) is 0 Å². The van der Waals surface area contributed by atoms with Crippen molar-refractivity contribution in [3.63, 3.8) is 0 Å². The van der Waals surface area contributed by atoms with E-state index in [-0.39, 0.29) is 46.4 Å². The summed E-state index contributed by atoms with van der Waals surface area (Å²) in [7, 11) is 0. The molecule has 0 unspecified atom stereocenters. The van der Waals surface area contributed by atoms with Gasteiger partial charge < -0.3 is 9.15 Å². The number of furan rings is 1. The predicted molar refractivity (Wildman–Crippen MR) is 102 cm³/mol. The summed E-state index contributed by atoms with van der Waals surface area (Å²) >= 11 is 0. The number of carbonyl (C=O) groups is 2. The van der Waals surface area contributed by atoms with Gasteiger partial charge in [-0.3, -0.25) is 9.59 Å². The maximum Gasteiger partial charge on any atom is 0.139 e. The van der Waals surface area contributed by atoms with E-state index in [0.29, 0.717) is 12.2 Å². The highest BCUT2D eigenvalue weighted by Crippen LogP contribution is 2.66. The largest absolute Gasteiger partial charge is 0.490 e. The lowest BCUT2D eigenvalue weighted by Gasteiger charge is -2.62. The Labute approximate surface area is 161 Å². The molecular weight excluding hydrogens is 340 g/mol. The summed E-state index contributed by atoms with van der Waals surface area (Å²) < 4.78 is 11.4. The smallest absolute Gasteiger partial charge is 0.139 e. The van der Waals surface area contributed by atoms with Crippen molar-refractivity contribution in [2.24, 2.45) is 34.5 Å². The standard InChI is InChI=1S/C23H30O4/c1-13-10-18(14(2)24)22(4)8-6-17-15(3)27-19(16-7-9-26-12-16)11-23(17,5)21(22)20(13)25/h7,9,12-13,17-19,21H,3,6,8,10-11H2,1-2,4-5H3/t13-,17-,18-,19-,21-,22-,23-/m0/s1. The van der Waals surface area contributed by atoms with Crippen LogP contribution in [0.1, 0.15) is 65.0 Å². The molecule has 1 aliphatic heterocycles. The molecule has 2 heterocycles. The second-order valence-electron chi connectivity index (χ2n) is 9.57. The molecular formula is C23H30O4. The molecule has 0 amide bonds. The van der Waals surface area contributed by atoms with Crippen LogP contribution >= 0.6 is 0 Å². The fourth-order valence-corrected chi connectivity index (χ4v) is 6.70. The van der Waals surface area contributed by atoms with Crippen molar-refractivity contribution < 1.29 is 18.7 Å². The van der Waals surface area contributed by atoms with Gasteiger partial charge in [-0.05, 0) is 49.5 Å². The van der Waals surface area contributed by atoms with Crippen molar-refractivity contribution in [3.05, 3.63) is 36.5 Å². The van der Waals surface area contributed by atoms with Crippen LogP contribution in [0.4, 0.5) is 0 Å². The molecule has 1 aromatic heterocycles. The Morgan fingerprint density at radius 1 is 1.30 bits per heavy atom. The second kappa shape index (κ2) is 6.08. The summed E-state index contributed by atoms with van der Waals surface area (Å²) in [5.74, 6) is 1.22. The Morgan fingerprint density at radius 2 is 2.04 bits per heavy atom. The van der Waals surface area contributed by atoms with Gasteiger partial charge in [0.1, 0.15) is 17.7 Å². The summed E-state index contributed by atoms with van der Waals surface area (Å²) in [5, 5.41) is 0.